The number of carbonyl (C=O) groups is 1. The molecule has 0 heterocycles. The lowest BCUT2D eigenvalue weighted by atomic mass is 10.1. The van der Waals surface area contributed by atoms with Crippen LogP contribution in [0.4, 0.5) is 13.2 Å². The van der Waals surface area contributed by atoms with Crippen LogP contribution in [0.2, 0.25) is 0 Å². The van der Waals surface area contributed by atoms with Gasteiger partial charge in [0.05, 0.1) is 56.9 Å². The molecule has 0 bridgehead atoms. The van der Waals surface area contributed by atoms with Gasteiger partial charge in [-0.2, -0.15) is 13.2 Å². The molecule has 1 aromatic rings. The van der Waals surface area contributed by atoms with Crippen LogP contribution in [0.3, 0.4) is 0 Å². The first kappa shape index (κ1) is 30.6. The van der Waals surface area contributed by atoms with Gasteiger partial charge in [0.25, 0.3) is 5.91 Å². The molecule has 0 saturated carbocycles. The Bertz CT molecular complexity index is 697. The highest BCUT2D eigenvalue weighted by Gasteiger charge is 2.35. The number of nitrogens with two attached hydrogens (primary N) is 1. The van der Waals surface area contributed by atoms with Crippen LogP contribution >= 0.6 is 11.8 Å². The van der Waals surface area contributed by atoms with Gasteiger partial charge in [0.15, 0.2) is 0 Å². The van der Waals surface area contributed by atoms with Crippen LogP contribution in [-0.2, 0) is 25.1 Å². The summed E-state index contributed by atoms with van der Waals surface area (Å²) in [6, 6.07) is 3.39. The zero-order valence-electron chi connectivity index (χ0n) is 19.4. The minimum atomic E-state index is -4.67. The Morgan fingerprint density at radius 2 is 1.74 bits per heavy atom. The number of aliphatic hydroxyl groups is 1. The Balaban J connectivity index is 2.48. The van der Waals surface area contributed by atoms with Crippen LogP contribution in [0.5, 0.6) is 0 Å². The molecular formula is C22H35F3N2O6S. The van der Waals surface area contributed by atoms with Gasteiger partial charge in [-0.15, -0.1) is 11.8 Å². The van der Waals surface area contributed by atoms with Crippen molar-refractivity contribution in [3.05, 3.63) is 29.3 Å². The minimum Gasteiger partial charge on any atom is -0.392 e. The van der Waals surface area contributed by atoms with Crippen molar-refractivity contribution >= 4 is 17.7 Å². The van der Waals surface area contributed by atoms with Crippen molar-refractivity contribution in [1.29, 1.82) is 0 Å². The van der Waals surface area contributed by atoms with Gasteiger partial charge < -0.3 is 35.1 Å². The summed E-state index contributed by atoms with van der Waals surface area (Å²) in [5, 5.41) is 12.5. The number of thioether (sulfide) groups is 1. The Morgan fingerprint density at radius 3 is 2.35 bits per heavy atom. The summed E-state index contributed by atoms with van der Waals surface area (Å²) in [5.41, 5.74) is 3.81. The molecule has 1 aromatic carbocycles. The summed E-state index contributed by atoms with van der Waals surface area (Å²) >= 11 is 1.19. The van der Waals surface area contributed by atoms with Gasteiger partial charge in [0.2, 0.25) is 0 Å². The van der Waals surface area contributed by atoms with Gasteiger partial charge in [-0.1, -0.05) is 0 Å². The second-order valence-electron chi connectivity index (χ2n) is 7.19. The first-order chi connectivity index (χ1) is 16.3. The van der Waals surface area contributed by atoms with Crippen LogP contribution in [0, 0.1) is 0 Å². The molecule has 4 N–H and O–H groups in total. The molecule has 196 valence electrons. The Morgan fingerprint density at radius 1 is 1.09 bits per heavy atom. The topological polar surface area (TPSA) is 112 Å². The number of rotatable bonds is 19. The number of aliphatic hydroxyl groups excluding tert-OH is 1. The van der Waals surface area contributed by atoms with E-state index in [1.54, 1.807) is 7.11 Å². The molecule has 0 aliphatic rings. The molecular weight excluding hydrogens is 477 g/mol. The number of hydrogen-bond acceptors (Lipinski definition) is 8. The minimum absolute atomic E-state index is 0.0470. The van der Waals surface area contributed by atoms with Gasteiger partial charge in [-0.25, -0.2) is 0 Å². The fourth-order valence-corrected chi connectivity index (χ4v) is 3.66. The van der Waals surface area contributed by atoms with Crippen LogP contribution in [-0.4, -0.2) is 89.3 Å². The van der Waals surface area contributed by atoms with E-state index in [2.05, 4.69) is 5.32 Å². The summed E-state index contributed by atoms with van der Waals surface area (Å²) in [4.78, 5) is 12.9. The maximum Gasteiger partial charge on any atom is 0.417 e. The maximum absolute atomic E-state index is 13.4. The van der Waals surface area contributed by atoms with E-state index in [4.69, 9.17) is 24.7 Å². The summed E-state index contributed by atoms with van der Waals surface area (Å²) < 4.78 is 60.9. The number of benzene rings is 1. The normalized spacial score (nSPS) is 12.6. The fourth-order valence-electron chi connectivity index (χ4n) is 2.74. The van der Waals surface area contributed by atoms with Crippen molar-refractivity contribution in [2.24, 2.45) is 5.73 Å². The van der Waals surface area contributed by atoms with Crippen molar-refractivity contribution in [2.75, 3.05) is 72.2 Å². The standard InChI is InChI=1S/C22H35F3N2O6S/c1-30-8-2-3-17(28)16-34-18-4-5-20(22(23,24)25)19(15-18)21(29)27-7-10-32-12-14-33-13-11-31-9-6-26/h4-5,15,17,28H,2-3,6-14,16,26H2,1H3,(H,27,29). The van der Waals surface area contributed by atoms with E-state index in [1.807, 2.05) is 0 Å². The second-order valence-corrected chi connectivity index (χ2v) is 8.28. The molecule has 0 aliphatic heterocycles. The number of halogens is 3. The van der Waals surface area contributed by atoms with E-state index in [-0.39, 0.29) is 19.8 Å². The average molecular weight is 513 g/mol. The predicted molar refractivity (Wildman–Crippen MR) is 123 cm³/mol. The molecule has 1 rings (SSSR count). The Kier molecular flexibility index (Phi) is 16.2. The van der Waals surface area contributed by atoms with Crippen molar-refractivity contribution in [3.63, 3.8) is 0 Å². The Labute approximate surface area is 202 Å². The zero-order valence-corrected chi connectivity index (χ0v) is 20.2. The van der Waals surface area contributed by atoms with Crippen LogP contribution < -0.4 is 11.1 Å². The third-order valence-electron chi connectivity index (χ3n) is 4.41. The number of alkyl halides is 3. The van der Waals surface area contributed by atoms with E-state index < -0.39 is 29.3 Å². The Hall–Kier alpha value is -1.41. The molecule has 0 aliphatic carbocycles. The molecule has 0 radical (unpaired) electrons. The lowest BCUT2D eigenvalue weighted by Gasteiger charge is -2.15. The van der Waals surface area contributed by atoms with E-state index in [0.717, 1.165) is 6.07 Å². The van der Waals surface area contributed by atoms with Gasteiger partial charge in [-0.3, -0.25) is 4.79 Å². The van der Waals surface area contributed by atoms with Crippen molar-refractivity contribution in [2.45, 2.75) is 30.0 Å². The third-order valence-corrected chi connectivity index (χ3v) is 5.55. The predicted octanol–water partition coefficient (Wildman–Crippen LogP) is 2.32. The lowest BCUT2D eigenvalue weighted by Crippen LogP contribution is -2.29. The van der Waals surface area contributed by atoms with Gasteiger partial charge in [0, 0.05) is 37.5 Å². The van der Waals surface area contributed by atoms with E-state index >= 15 is 0 Å². The highest BCUT2D eigenvalue weighted by atomic mass is 32.2. The zero-order chi connectivity index (χ0) is 25.2. The van der Waals surface area contributed by atoms with E-state index in [9.17, 15) is 23.1 Å². The van der Waals surface area contributed by atoms with E-state index in [0.29, 0.717) is 63.1 Å². The smallest absolute Gasteiger partial charge is 0.392 e. The molecule has 0 spiro atoms. The first-order valence-electron chi connectivity index (χ1n) is 11.0. The van der Waals surface area contributed by atoms with Gasteiger partial charge in [-0.05, 0) is 31.0 Å². The fraction of sp³-hybridized carbons (Fsp3) is 0.682. The molecule has 0 aromatic heterocycles. The van der Waals surface area contributed by atoms with Crippen LogP contribution in [0.1, 0.15) is 28.8 Å². The largest absolute Gasteiger partial charge is 0.417 e. The number of ether oxygens (including phenoxy) is 4. The molecule has 12 heteroatoms. The number of hydrogen-bond donors (Lipinski definition) is 3. The molecule has 34 heavy (non-hydrogen) atoms. The van der Waals surface area contributed by atoms with E-state index in [1.165, 1.54) is 23.9 Å². The number of amides is 1. The summed E-state index contributed by atoms with van der Waals surface area (Å²) in [7, 11) is 1.57. The quantitative estimate of drug-likeness (QED) is 0.191. The van der Waals surface area contributed by atoms with Crippen LogP contribution in [0.15, 0.2) is 23.1 Å². The average Bonchev–Trinajstić information content (AvgIpc) is 2.80. The molecule has 8 nitrogen and oxygen atoms in total. The second kappa shape index (κ2) is 17.9. The number of carbonyl (C=O) groups excluding carboxylic acids is 1. The molecule has 0 saturated heterocycles. The highest BCUT2D eigenvalue weighted by Crippen LogP contribution is 2.34. The van der Waals surface area contributed by atoms with Crippen molar-refractivity contribution in [3.8, 4) is 0 Å². The maximum atomic E-state index is 13.4. The summed E-state index contributed by atoms with van der Waals surface area (Å²) in [6.07, 6.45) is -4.10. The third kappa shape index (κ3) is 13.5. The van der Waals surface area contributed by atoms with Gasteiger partial charge >= 0.3 is 6.18 Å². The number of nitrogens with one attached hydrogen (secondary N) is 1. The summed E-state index contributed by atoms with van der Waals surface area (Å²) in [6.45, 7) is 3.04. The lowest BCUT2D eigenvalue weighted by molar-refractivity contribution is -0.138. The summed E-state index contributed by atoms with van der Waals surface area (Å²) in [5.74, 6) is -0.544. The van der Waals surface area contributed by atoms with Crippen molar-refractivity contribution < 1.29 is 42.0 Å². The molecule has 0 fully saturated rings. The molecule has 1 unspecified atom stereocenters. The molecule has 1 amide bonds. The first-order valence-corrected chi connectivity index (χ1v) is 12.0. The molecule has 1 atom stereocenters. The number of methoxy groups -OCH3 is 1. The highest BCUT2D eigenvalue weighted by molar-refractivity contribution is 7.99. The SMILES string of the molecule is COCCCC(O)CSc1ccc(C(F)(F)F)c(C(=O)NCCOCCOCCOCCN)c1. The van der Waals surface area contributed by atoms with Gasteiger partial charge in [0.1, 0.15) is 0 Å². The van der Waals surface area contributed by atoms with Crippen LogP contribution in [0.25, 0.3) is 0 Å². The monoisotopic (exact) mass is 512 g/mol. The van der Waals surface area contributed by atoms with Crippen molar-refractivity contribution in [1.82, 2.24) is 5.32 Å².